The zero-order valence-corrected chi connectivity index (χ0v) is 33.4. The molecule has 6 aromatic rings. The van der Waals surface area contributed by atoms with Crippen LogP contribution in [0.2, 0.25) is 20.1 Å². The van der Waals surface area contributed by atoms with Gasteiger partial charge in [-0.1, -0.05) is 72.4 Å². The van der Waals surface area contributed by atoms with Gasteiger partial charge in [0.05, 0.1) is 69.8 Å². The highest BCUT2D eigenvalue weighted by Crippen LogP contribution is 2.42. The number of primary amides is 1. The van der Waals surface area contributed by atoms with Crippen LogP contribution in [-0.2, 0) is 11.2 Å². The summed E-state index contributed by atoms with van der Waals surface area (Å²) < 4.78 is 0. The maximum atomic E-state index is 12.0. The lowest BCUT2D eigenvalue weighted by molar-refractivity contribution is -0.117. The molecule has 0 unspecified atom stereocenters. The van der Waals surface area contributed by atoms with Gasteiger partial charge in [0.15, 0.2) is 11.6 Å². The molecule has 0 spiro atoms. The third kappa shape index (κ3) is 8.81. The fourth-order valence-corrected chi connectivity index (χ4v) is 7.62. The predicted molar refractivity (Wildman–Crippen MR) is 219 cm³/mol. The summed E-state index contributed by atoms with van der Waals surface area (Å²) in [6.45, 7) is 8.12. The number of nitrogen functional groups attached to an aromatic ring is 2. The number of ketones is 2. The molecule has 0 atom stereocenters. The van der Waals surface area contributed by atoms with E-state index in [-0.39, 0.29) is 29.2 Å². The first-order valence-electron chi connectivity index (χ1n) is 15.7. The molecular weight excluding hydrogens is 800 g/mol. The number of rotatable bonds is 10. The molecule has 0 saturated carbocycles. The number of hydrogen-bond acceptors (Lipinski definition) is 13. The van der Waals surface area contributed by atoms with Crippen molar-refractivity contribution in [2.45, 2.75) is 34.1 Å². The van der Waals surface area contributed by atoms with E-state index in [9.17, 15) is 14.4 Å². The van der Waals surface area contributed by atoms with E-state index in [0.717, 1.165) is 16.9 Å². The molecule has 276 valence electrons. The van der Waals surface area contributed by atoms with Crippen LogP contribution in [0.1, 0.15) is 52.9 Å². The molecule has 4 heterocycles. The molecule has 1 amide bonds. The maximum Gasteiger partial charge on any atom is 0.225 e. The van der Waals surface area contributed by atoms with Crippen molar-refractivity contribution in [2.75, 3.05) is 29.9 Å². The number of aromatic nitrogens is 4. The van der Waals surface area contributed by atoms with Gasteiger partial charge >= 0.3 is 0 Å². The third-order valence-corrected chi connectivity index (χ3v) is 11.7. The SMILES string of the molecule is CC(=O)c1sc2nc(CC(N)=O)nc(-c3ccc(Cl)c(Cl)c3)c2c1N.CC(=O)c1sc2nc(NCC(C)(C)CN)nc(-c3ccc(Cl)c(Cl)c3)c2c1N. The predicted octanol–water partition coefficient (Wildman–Crippen LogP) is 8.32. The Kier molecular flexibility index (Phi) is 12.1. The summed E-state index contributed by atoms with van der Waals surface area (Å²) in [4.78, 5) is 55.0. The Morgan fingerprint density at radius 2 is 1.21 bits per heavy atom. The molecule has 0 fully saturated rings. The molecule has 2 aromatic carbocycles. The summed E-state index contributed by atoms with van der Waals surface area (Å²) in [6.07, 6.45) is -0.128. The van der Waals surface area contributed by atoms with Gasteiger partial charge in [0.2, 0.25) is 11.9 Å². The molecule has 0 aliphatic heterocycles. The number of fused-ring (bicyclic) bond motifs is 2. The normalized spacial score (nSPS) is 11.4. The topological polar surface area (TPSA) is 219 Å². The fourth-order valence-electron chi connectivity index (χ4n) is 5.02. The molecule has 0 aliphatic rings. The number of Topliss-reactive ketones (excluding diaryl/α,β-unsaturated/α-hetero) is 2. The number of halogens is 4. The lowest BCUT2D eigenvalue weighted by Crippen LogP contribution is -2.31. The van der Waals surface area contributed by atoms with Crippen molar-refractivity contribution in [3.05, 3.63) is 72.1 Å². The van der Waals surface area contributed by atoms with E-state index in [1.807, 2.05) is 6.07 Å². The standard InChI is InChI=1S/C19H21Cl2N5OS.C16H12Cl2N4O2S/c1-9(27)16-14(23)13-15(10-4-5-11(20)12(21)6-10)25-18(26-17(13)28-16)24-8-19(2,3)7-22;1-6(23)15-13(20)12-14(7-2-3-8(17)9(18)4-7)21-11(5-10(19)24)22-16(12)25-15/h4-6H,7-8,22-23H2,1-3H3,(H,24,25,26);2-4H,5,20H2,1H3,(H2,19,24). The van der Waals surface area contributed by atoms with Crippen LogP contribution >= 0.6 is 69.1 Å². The van der Waals surface area contributed by atoms with Gasteiger partial charge < -0.3 is 28.3 Å². The highest BCUT2D eigenvalue weighted by atomic mass is 35.5. The molecule has 0 bridgehead atoms. The van der Waals surface area contributed by atoms with Crippen LogP contribution in [0.15, 0.2) is 36.4 Å². The van der Waals surface area contributed by atoms with Gasteiger partial charge in [0.1, 0.15) is 15.5 Å². The largest absolute Gasteiger partial charge is 0.397 e. The van der Waals surface area contributed by atoms with Crippen molar-refractivity contribution in [1.82, 2.24) is 19.9 Å². The number of nitrogens with two attached hydrogens (primary N) is 4. The van der Waals surface area contributed by atoms with E-state index in [1.165, 1.54) is 25.2 Å². The molecule has 53 heavy (non-hydrogen) atoms. The minimum absolute atomic E-state index is 0.112. The summed E-state index contributed by atoms with van der Waals surface area (Å²) in [6, 6.07) is 10.2. The highest BCUT2D eigenvalue weighted by molar-refractivity contribution is 7.21. The third-order valence-electron chi connectivity index (χ3n) is 7.86. The summed E-state index contributed by atoms with van der Waals surface area (Å²) in [7, 11) is 0. The molecule has 0 radical (unpaired) electrons. The van der Waals surface area contributed by atoms with Gasteiger partial charge in [-0.3, -0.25) is 14.4 Å². The van der Waals surface area contributed by atoms with Crippen molar-refractivity contribution in [3.8, 4) is 22.5 Å². The van der Waals surface area contributed by atoms with Crippen LogP contribution in [0.25, 0.3) is 42.9 Å². The van der Waals surface area contributed by atoms with E-state index >= 15 is 0 Å². The van der Waals surface area contributed by atoms with Crippen molar-refractivity contribution in [1.29, 1.82) is 0 Å². The zero-order valence-electron chi connectivity index (χ0n) is 28.7. The summed E-state index contributed by atoms with van der Waals surface area (Å²) in [5.74, 6) is -0.156. The zero-order chi connectivity index (χ0) is 38.9. The van der Waals surface area contributed by atoms with Crippen molar-refractivity contribution >= 4 is 124 Å². The fraction of sp³-hybridized carbons (Fsp3) is 0.229. The first kappa shape index (κ1) is 40.0. The van der Waals surface area contributed by atoms with Crippen LogP contribution in [0.3, 0.4) is 0 Å². The number of hydrogen-bond donors (Lipinski definition) is 5. The van der Waals surface area contributed by atoms with Gasteiger partial charge in [-0.25, -0.2) is 19.9 Å². The van der Waals surface area contributed by atoms with Crippen molar-refractivity contribution in [3.63, 3.8) is 0 Å². The maximum absolute atomic E-state index is 12.0. The Hall–Kier alpha value is -4.15. The van der Waals surface area contributed by atoms with Gasteiger partial charge in [0.25, 0.3) is 0 Å². The van der Waals surface area contributed by atoms with Crippen LogP contribution < -0.4 is 28.3 Å². The minimum Gasteiger partial charge on any atom is -0.397 e. The van der Waals surface area contributed by atoms with E-state index in [1.54, 1.807) is 30.3 Å². The van der Waals surface area contributed by atoms with Gasteiger partial charge in [-0.2, -0.15) is 0 Å². The van der Waals surface area contributed by atoms with Crippen LogP contribution in [0, 0.1) is 5.41 Å². The average molecular weight is 834 g/mol. The van der Waals surface area contributed by atoms with E-state index in [2.05, 4.69) is 39.1 Å². The number of anilines is 3. The van der Waals surface area contributed by atoms with Crippen LogP contribution in [0.4, 0.5) is 17.3 Å². The first-order chi connectivity index (χ1) is 24.9. The van der Waals surface area contributed by atoms with Gasteiger partial charge in [-0.05, 0) is 36.2 Å². The Balaban J connectivity index is 0.000000206. The van der Waals surface area contributed by atoms with Crippen molar-refractivity contribution < 1.29 is 14.4 Å². The highest BCUT2D eigenvalue weighted by Gasteiger charge is 2.23. The Bertz CT molecular complexity index is 2430. The summed E-state index contributed by atoms with van der Waals surface area (Å²) in [5, 5.41) is 6.02. The van der Waals surface area contributed by atoms with Crippen LogP contribution in [0.5, 0.6) is 0 Å². The van der Waals surface area contributed by atoms with Crippen molar-refractivity contribution in [2.24, 2.45) is 16.9 Å². The number of carbonyl (C=O) groups excluding carboxylic acids is 3. The van der Waals surface area contributed by atoms with E-state index in [0.29, 0.717) is 97.6 Å². The van der Waals surface area contributed by atoms with Crippen LogP contribution in [-0.4, -0.2) is 50.5 Å². The number of thiophene rings is 2. The number of amides is 1. The Morgan fingerprint density at radius 3 is 1.64 bits per heavy atom. The van der Waals surface area contributed by atoms with Gasteiger partial charge in [0, 0.05) is 31.5 Å². The summed E-state index contributed by atoms with van der Waals surface area (Å²) >= 11 is 26.7. The Morgan fingerprint density at radius 1 is 0.736 bits per heavy atom. The molecule has 9 N–H and O–H groups in total. The second-order valence-electron chi connectivity index (χ2n) is 12.7. The lowest BCUT2D eigenvalue weighted by atomic mass is 9.94. The molecule has 18 heteroatoms. The number of nitrogens with zero attached hydrogens (tertiary/aromatic N) is 4. The second-order valence-corrected chi connectivity index (χ2v) is 16.3. The molecular formula is C35H33Cl4N9O3S2. The number of carbonyl (C=O) groups is 3. The molecule has 0 saturated heterocycles. The lowest BCUT2D eigenvalue weighted by Gasteiger charge is -2.22. The average Bonchev–Trinajstić information content (AvgIpc) is 3.62. The minimum atomic E-state index is -0.559. The Labute approximate surface area is 332 Å². The monoisotopic (exact) mass is 831 g/mol. The smallest absolute Gasteiger partial charge is 0.225 e. The second kappa shape index (κ2) is 16.1. The van der Waals surface area contributed by atoms with E-state index < -0.39 is 5.91 Å². The van der Waals surface area contributed by atoms with Gasteiger partial charge in [-0.15, -0.1) is 22.7 Å². The molecule has 6 rings (SSSR count). The number of benzene rings is 2. The van der Waals surface area contributed by atoms with E-state index in [4.69, 9.17) is 69.3 Å². The number of nitrogens with one attached hydrogen (secondary N) is 1. The molecule has 0 aliphatic carbocycles. The molecule has 12 nitrogen and oxygen atoms in total. The molecule has 4 aromatic heterocycles. The first-order valence-corrected chi connectivity index (χ1v) is 18.9. The quantitative estimate of drug-likeness (QED) is 0.0826. The summed E-state index contributed by atoms with van der Waals surface area (Å²) in [5.41, 5.74) is 26.5.